The first-order valence-corrected chi connectivity index (χ1v) is 10.6. The third-order valence-corrected chi connectivity index (χ3v) is 6.17. The van der Waals surface area contributed by atoms with Gasteiger partial charge in [0.1, 0.15) is 23.9 Å². The molecule has 0 aromatic heterocycles. The molecule has 2 aromatic carbocycles. The maximum atomic E-state index is 14.1. The van der Waals surface area contributed by atoms with Crippen molar-refractivity contribution in [1.29, 1.82) is 0 Å². The summed E-state index contributed by atoms with van der Waals surface area (Å²) in [5.41, 5.74) is 1.32. The van der Waals surface area contributed by atoms with E-state index in [1.807, 2.05) is 27.7 Å². The molecule has 0 spiro atoms. The molecule has 2 aromatic rings. The molecule has 0 heterocycles. The predicted molar refractivity (Wildman–Crippen MR) is 113 cm³/mol. The molecular formula is C21H27ClFNO3S. The van der Waals surface area contributed by atoms with Crippen LogP contribution in [0.3, 0.4) is 0 Å². The molecule has 0 aliphatic carbocycles. The smallest absolute Gasteiger partial charge is 0.125 e. The van der Waals surface area contributed by atoms with Crippen LogP contribution in [0, 0.1) is 5.82 Å². The standard InChI is InChI=1S/C21H27ClFNO3S/c1-6-20(24-28(25)21(2,3)4)17-11-14(23)12-19(22)18(17)13-27-16-9-7-15(26-5)8-10-16/h7-12,20,24H,6,13H2,1-5H3/t20-,28+/m0/s1. The van der Waals surface area contributed by atoms with Crippen molar-refractivity contribution in [2.24, 2.45) is 0 Å². The maximum Gasteiger partial charge on any atom is 0.125 e. The van der Waals surface area contributed by atoms with Crippen molar-refractivity contribution >= 4 is 22.6 Å². The highest BCUT2D eigenvalue weighted by atomic mass is 35.5. The van der Waals surface area contributed by atoms with Crippen molar-refractivity contribution < 1.29 is 18.1 Å². The second-order valence-corrected chi connectivity index (χ2v) is 9.78. The summed E-state index contributed by atoms with van der Waals surface area (Å²) in [5, 5.41) is 0.283. The fourth-order valence-electron chi connectivity index (χ4n) is 2.59. The van der Waals surface area contributed by atoms with Crippen LogP contribution in [0.5, 0.6) is 11.5 Å². The van der Waals surface area contributed by atoms with Crippen LogP contribution in [0.1, 0.15) is 51.3 Å². The van der Waals surface area contributed by atoms with Gasteiger partial charge >= 0.3 is 0 Å². The molecule has 0 saturated heterocycles. The molecule has 0 saturated carbocycles. The minimum absolute atomic E-state index is 0.168. The Morgan fingerprint density at radius 1 is 1.18 bits per heavy atom. The summed E-state index contributed by atoms with van der Waals surface area (Å²) >= 11 is 6.33. The molecule has 1 N–H and O–H groups in total. The Morgan fingerprint density at radius 2 is 1.79 bits per heavy atom. The van der Waals surface area contributed by atoms with Gasteiger partial charge in [-0.2, -0.15) is 0 Å². The molecule has 0 aliphatic heterocycles. The SMILES string of the molecule is CC[C@H](N[S@](=O)C(C)(C)C)c1cc(F)cc(Cl)c1COc1ccc(OC)cc1. The van der Waals surface area contributed by atoms with Crippen LogP contribution in [0.15, 0.2) is 36.4 Å². The van der Waals surface area contributed by atoms with Gasteiger partial charge in [-0.1, -0.05) is 18.5 Å². The summed E-state index contributed by atoms with van der Waals surface area (Å²) in [7, 11) is 0.294. The number of methoxy groups -OCH3 is 1. The number of halogens is 2. The lowest BCUT2D eigenvalue weighted by molar-refractivity contribution is 0.303. The molecule has 4 nitrogen and oxygen atoms in total. The number of benzene rings is 2. The Morgan fingerprint density at radius 3 is 2.32 bits per heavy atom. The van der Waals surface area contributed by atoms with Crippen LogP contribution in [0.2, 0.25) is 5.02 Å². The normalized spacial score (nSPS) is 13.8. The molecule has 0 fully saturated rings. The summed E-state index contributed by atoms with van der Waals surface area (Å²) in [6.45, 7) is 7.77. The Balaban J connectivity index is 2.29. The van der Waals surface area contributed by atoms with E-state index in [2.05, 4.69) is 4.72 Å². The Hall–Kier alpha value is -1.63. The predicted octanol–water partition coefficient (Wildman–Crippen LogP) is 5.57. The lowest BCUT2D eigenvalue weighted by Crippen LogP contribution is -2.36. The topological polar surface area (TPSA) is 47.6 Å². The average molecular weight is 428 g/mol. The van der Waals surface area contributed by atoms with E-state index in [-0.39, 0.29) is 17.7 Å². The molecule has 2 rings (SSSR count). The van der Waals surface area contributed by atoms with Crippen LogP contribution < -0.4 is 14.2 Å². The summed E-state index contributed by atoms with van der Waals surface area (Å²) < 4.78 is 40.3. The molecule has 7 heteroatoms. The molecule has 0 aliphatic rings. The number of nitrogens with one attached hydrogen (secondary N) is 1. The van der Waals surface area contributed by atoms with E-state index < -0.39 is 21.5 Å². The summed E-state index contributed by atoms with van der Waals surface area (Å²) in [6.07, 6.45) is 0.622. The molecule has 28 heavy (non-hydrogen) atoms. The van der Waals surface area contributed by atoms with Gasteiger partial charge in [-0.3, -0.25) is 0 Å². The first-order valence-electron chi connectivity index (χ1n) is 9.08. The van der Waals surface area contributed by atoms with Crippen LogP contribution in [-0.2, 0) is 17.6 Å². The highest BCUT2D eigenvalue weighted by molar-refractivity contribution is 7.84. The first kappa shape index (κ1) is 22.7. The highest BCUT2D eigenvalue weighted by Gasteiger charge is 2.25. The van der Waals surface area contributed by atoms with Gasteiger partial charge in [0, 0.05) is 11.6 Å². The van der Waals surface area contributed by atoms with Crippen LogP contribution in [0.25, 0.3) is 0 Å². The van der Waals surface area contributed by atoms with Gasteiger partial charge < -0.3 is 9.47 Å². The number of hydrogen-bond donors (Lipinski definition) is 1. The van der Waals surface area contributed by atoms with E-state index in [1.165, 1.54) is 12.1 Å². The largest absolute Gasteiger partial charge is 0.497 e. The van der Waals surface area contributed by atoms with Gasteiger partial charge in [0.05, 0.1) is 27.9 Å². The molecule has 0 radical (unpaired) electrons. The highest BCUT2D eigenvalue weighted by Crippen LogP contribution is 2.31. The van der Waals surface area contributed by atoms with Crippen molar-refractivity contribution in [2.75, 3.05) is 7.11 Å². The van der Waals surface area contributed by atoms with Crippen molar-refractivity contribution in [1.82, 2.24) is 4.72 Å². The van der Waals surface area contributed by atoms with Crippen molar-refractivity contribution in [3.63, 3.8) is 0 Å². The van der Waals surface area contributed by atoms with Gasteiger partial charge in [-0.25, -0.2) is 13.3 Å². The zero-order valence-corrected chi connectivity index (χ0v) is 18.4. The zero-order valence-electron chi connectivity index (χ0n) is 16.8. The molecule has 0 bridgehead atoms. The Bertz CT molecular complexity index is 822. The molecule has 154 valence electrons. The van der Waals surface area contributed by atoms with Crippen molar-refractivity contribution in [3.8, 4) is 11.5 Å². The van der Waals surface area contributed by atoms with Crippen molar-refractivity contribution in [2.45, 2.75) is 51.5 Å². The van der Waals surface area contributed by atoms with Gasteiger partial charge in [0.15, 0.2) is 0 Å². The molecular weight excluding hydrogens is 401 g/mol. The third-order valence-electron chi connectivity index (χ3n) is 4.23. The molecule has 0 unspecified atom stereocenters. The monoisotopic (exact) mass is 427 g/mol. The lowest BCUT2D eigenvalue weighted by atomic mass is 9.99. The Labute approximate surface area is 174 Å². The minimum Gasteiger partial charge on any atom is -0.497 e. The van der Waals surface area contributed by atoms with E-state index in [0.29, 0.717) is 23.3 Å². The second-order valence-electron chi connectivity index (χ2n) is 7.38. The first-order chi connectivity index (χ1) is 13.2. The van der Waals surface area contributed by atoms with E-state index in [1.54, 1.807) is 31.4 Å². The van der Waals surface area contributed by atoms with Gasteiger partial charge in [0.25, 0.3) is 0 Å². The summed E-state index contributed by atoms with van der Waals surface area (Å²) in [4.78, 5) is 0. The fraction of sp³-hybridized carbons (Fsp3) is 0.429. The second kappa shape index (κ2) is 9.72. The van der Waals surface area contributed by atoms with Crippen molar-refractivity contribution in [3.05, 3.63) is 58.4 Å². The van der Waals surface area contributed by atoms with Gasteiger partial charge in [-0.15, -0.1) is 0 Å². The zero-order chi connectivity index (χ0) is 20.9. The summed E-state index contributed by atoms with van der Waals surface area (Å²) in [5.74, 6) is 0.939. The van der Waals surface area contributed by atoms with E-state index >= 15 is 0 Å². The number of ether oxygens (including phenoxy) is 2. The number of hydrogen-bond acceptors (Lipinski definition) is 3. The van der Waals surface area contributed by atoms with Crippen LogP contribution in [0.4, 0.5) is 4.39 Å². The minimum atomic E-state index is -1.30. The van der Waals surface area contributed by atoms with Gasteiger partial charge in [-0.05, 0) is 69.2 Å². The van der Waals surface area contributed by atoms with Crippen LogP contribution >= 0.6 is 11.6 Å². The quantitative estimate of drug-likeness (QED) is 0.599. The molecule has 0 amide bonds. The lowest BCUT2D eigenvalue weighted by Gasteiger charge is -2.26. The Kier molecular flexibility index (Phi) is 7.87. The number of rotatable bonds is 8. The van der Waals surface area contributed by atoms with Crippen LogP contribution in [-0.4, -0.2) is 16.1 Å². The van der Waals surface area contributed by atoms with Gasteiger partial charge in [0.2, 0.25) is 0 Å². The average Bonchev–Trinajstić information content (AvgIpc) is 2.64. The van der Waals surface area contributed by atoms with E-state index in [0.717, 1.165) is 5.75 Å². The fourth-order valence-corrected chi connectivity index (χ4v) is 3.76. The summed E-state index contributed by atoms with van der Waals surface area (Å²) in [6, 6.07) is 9.56. The third kappa shape index (κ3) is 5.93. The molecule has 2 atom stereocenters. The maximum absolute atomic E-state index is 14.1. The van der Waals surface area contributed by atoms with E-state index in [4.69, 9.17) is 21.1 Å². The van der Waals surface area contributed by atoms with E-state index in [9.17, 15) is 8.60 Å².